The fourth-order valence-electron chi connectivity index (χ4n) is 3.32. The number of anilines is 2. The molecule has 1 aromatic carbocycles. The Morgan fingerprint density at radius 1 is 0.966 bits per heavy atom. The van der Waals surface area contributed by atoms with Gasteiger partial charge in [-0.05, 0) is 49.7 Å². The van der Waals surface area contributed by atoms with Crippen LogP contribution < -0.4 is 10.2 Å². The van der Waals surface area contributed by atoms with Gasteiger partial charge >= 0.3 is 0 Å². The molecule has 2 aliphatic heterocycles. The first kappa shape index (κ1) is 19.3. The Morgan fingerprint density at radius 3 is 2.48 bits per heavy atom. The third-order valence-electron chi connectivity index (χ3n) is 5.15. The lowest BCUT2D eigenvalue weighted by Gasteiger charge is -2.32. The summed E-state index contributed by atoms with van der Waals surface area (Å²) in [7, 11) is 2.14. The molecule has 3 heterocycles. The molecule has 0 amide bonds. The van der Waals surface area contributed by atoms with Crippen LogP contribution in [0.1, 0.15) is 23.9 Å². The molecule has 0 spiro atoms. The van der Waals surface area contributed by atoms with E-state index < -0.39 is 0 Å². The van der Waals surface area contributed by atoms with E-state index in [-0.39, 0.29) is 0 Å². The number of nitrogens with zero attached hydrogens (tertiary/aromatic N) is 6. The van der Waals surface area contributed by atoms with Gasteiger partial charge in [-0.2, -0.15) is 15.0 Å². The van der Waals surface area contributed by atoms with E-state index in [0.717, 1.165) is 44.1 Å². The fourth-order valence-corrected chi connectivity index (χ4v) is 3.32. The summed E-state index contributed by atoms with van der Waals surface area (Å²) in [5.41, 5.74) is 3.60. The van der Waals surface area contributed by atoms with Crippen molar-refractivity contribution in [2.75, 3.05) is 50.0 Å². The molecule has 0 saturated carbocycles. The quantitative estimate of drug-likeness (QED) is 0.867. The van der Waals surface area contributed by atoms with Gasteiger partial charge in [0.15, 0.2) is 5.82 Å². The minimum Gasteiger partial charge on any atom is -0.338 e. The Hall–Kier alpha value is -3.06. The monoisotopic (exact) mass is 389 g/mol. The number of likely N-dealkylation sites (N-methyl/N-ethyl adjacent to an activating group) is 1. The van der Waals surface area contributed by atoms with E-state index in [4.69, 9.17) is 4.98 Å². The summed E-state index contributed by atoms with van der Waals surface area (Å²) < 4.78 is 0. The molecule has 150 valence electrons. The van der Waals surface area contributed by atoms with Crippen LogP contribution in [0.4, 0.5) is 11.9 Å². The molecule has 0 radical (unpaired) electrons. The van der Waals surface area contributed by atoms with E-state index in [9.17, 15) is 0 Å². The maximum atomic E-state index is 4.72. The van der Waals surface area contributed by atoms with Crippen molar-refractivity contribution in [1.29, 1.82) is 0 Å². The van der Waals surface area contributed by atoms with Crippen molar-refractivity contribution in [3.05, 3.63) is 52.9 Å². The highest BCUT2D eigenvalue weighted by Gasteiger charge is 2.18. The number of aromatic nitrogens is 3. The van der Waals surface area contributed by atoms with E-state index >= 15 is 0 Å². The topological polar surface area (TPSA) is 69.5 Å². The van der Waals surface area contributed by atoms with E-state index in [2.05, 4.69) is 69.2 Å². The zero-order valence-electron chi connectivity index (χ0n) is 17.3. The number of rotatable bonds is 4. The van der Waals surface area contributed by atoms with Crippen molar-refractivity contribution >= 4 is 29.9 Å². The molecule has 29 heavy (non-hydrogen) atoms. The molecular formula is C22H27N7. The second kappa shape index (κ2) is 8.53. The zero-order chi connectivity index (χ0) is 20.2. The van der Waals surface area contributed by atoms with Crippen molar-refractivity contribution in [2.45, 2.75) is 13.8 Å². The van der Waals surface area contributed by atoms with Crippen molar-refractivity contribution in [2.24, 2.45) is 4.99 Å². The molecule has 2 aliphatic rings. The highest BCUT2D eigenvalue weighted by Crippen LogP contribution is 2.17. The molecule has 7 nitrogen and oxygen atoms in total. The van der Waals surface area contributed by atoms with Gasteiger partial charge in [0.1, 0.15) is 5.84 Å². The molecule has 7 heteroatoms. The van der Waals surface area contributed by atoms with Crippen molar-refractivity contribution in [3.63, 3.8) is 0 Å². The number of hydrogen-bond acceptors (Lipinski definition) is 7. The minimum absolute atomic E-state index is 0.531. The lowest BCUT2D eigenvalue weighted by molar-refractivity contribution is 0.311. The van der Waals surface area contributed by atoms with Crippen molar-refractivity contribution in [1.82, 2.24) is 19.9 Å². The van der Waals surface area contributed by atoms with Crippen LogP contribution in [0.25, 0.3) is 12.2 Å². The van der Waals surface area contributed by atoms with E-state index in [0.29, 0.717) is 17.7 Å². The van der Waals surface area contributed by atoms with Gasteiger partial charge in [0.25, 0.3) is 0 Å². The Labute approximate surface area is 171 Å². The number of amidine groups is 1. The molecule has 0 aliphatic carbocycles. The zero-order valence-corrected chi connectivity index (χ0v) is 17.3. The van der Waals surface area contributed by atoms with Gasteiger partial charge in [0.05, 0.1) is 6.54 Å². The van der Waals surface area contributed by atoms with E-state index in [1.807, 2.05) is 24.3 Å². The maximum absolute atomic E-state index is 4.72. The van der Waals surface area contributed by atoms with Crippen LogP contribution in [-0.4, -0.2) is 65.5 Å². The SMILES string of the molecule is CC1=CC(Nc2nc(/C=C/c3ccccc3C)nc(N3CCN(C)CC3)n2)=NC1. The van der Waals surface area contributed by atoms with Crippen LogP contribution in [0.3, 0.4) is 0 Å². The number of benzene rings is 1. The van der Waals surface area contributed by atoms with Crippen LogP contribution in [-0.2, 0) is 0 Å². The first-order valence-electron chi connectivity index (χ1n) is 9.99. The Morgan fingerprint density at radius 2 is 1.76 bits per heavy atom. The van der Waals surface area contributed by atoms with Crippen LogP contribution in [0, 0.1) is 6.92 Å². The lowest BCUT2D eigenvalue weighted by atomic mass is 10.1. The summed E-state index contributed by atoms with van der Waals surface area (Å²) in [6, 6.07) is 8.27. The first-order valence-corrected chi connectivity index (χ1v) is 9.99. The predicted octanol–water partition coefficient (Wildman–Crippen LogP) is 2.87. The Balaban J connectivity index is 1.63. The standard InChI is InChI=1S/C22H27N7/c1-16-14-20(23-15-16)25-21-24-19(9-8-18-7-5-4-6-17(18)2)26-22(27-21)29-12-10-28(3)11-13-29/h4-9,14H,10-13,15H2,1-3H3,(H,23,24,25,26,27)/b9-8+. The number of piperazine rings is 1. The van der Waals surface area contributed by atoms with Gasteiger partial charge in [-0.1, -0.05) is 30.3 Å². The average Bonchev–Trinajstić information content (AvgIpc) is 3.12. The van der Waals surface area contributed by atoms with Crippen LogP contribution >= 0.6 is 0 Å². The van der Waals surface area contributed by atoms with Crippen molar-refractivity contribution < 1.29 is 0 Å². The third kappa shape index (κ3) is 4.86. The molecule has 4 rings (SSSR count). The summed E-state index contributed by atoms with van der Waals surface area (Å²) in [6.07, 6.45) is 6.04. The summed E-state index contributed by atoms with van der Waals surface area (Å²) in [5.74, 6) is 2.67. The normalized spacial score (nSPS) is 17.6. The number of nitrogens with one attached hydrogen (secondary N) is 1. The Bertz CT molecular complexity index is 969. The summed E-state index contributed by atoms with van der Waals surface area (Å²) in [6.45, 7) is 8.69. The van der Waals surface area contributed by atoms with Gasteiger partial charge in [-0.3, -0.25) is 4.99 Å². The molecule has 0 atom stereocenters. The smallest absolute Gasteiger partial charge is 0.233 e. The number of aliphatic imine (C=N–C) groups is 1. The Kier molecular flexibility index (Phi) is 5.67. The second-order valence-electron chi connectivity index (χ2n) is 7.61. The molecule has 1 N–H and O–H groups in total. The van der Waals surface area contributed by atoms with Crippen LogP contribution in [0.5, 0.6) is 0 Å². The highest BCUT2D eigenvalue weighted by atomic mass is 15.3. The fraction of sp³-hybridized carbons (Fsp3) is 0.364. The molecule has 1 saturated heterocycles. The van der Waals surface area contributed by atoms with Crippen LogP contribution in [0.2, 0.25) is 0 Å². The van der Waals surface area contributed by atoms with E-state index in [1.165, 1.54) is 11.1 Å². The molecular weight excluding hydrogens is 362 g/mol. The van der Waals surface area contributed by atoms with Crippen molar-refractivity contribution in [3.8, 4) is 0 Å². The molecule has 2 aromatic rings. The third-order valence-corrected chi connectivity index (χ3v) is 5.15. The predicted molar refractivity (Wildman–Crippen MR) is 119 cm³/mol. The van der Waals surface area contributed by atoms with Gasteiger partial charge in [0.2, 0.25) is 11.9 Å². The summed E-state index contributed by atoms with van der Waals surface area (Å²) in [5, 5.41) is 3.25. The van der Waals surface area contributed by atoms with E-state index in [1.54, 1.807) is 0 Å². The minimum atomic E-state index is 0.531. The van der Waals surface area contributed by atoms with Crippen LogP contribution in [0.15, 0.2) is 40.9 Å². The molecule has 1 aromatic heterocycles. The van der Waals surface area contributed by atoms with Gasteiger partial charge < -0.3 is 15.1 Å². The summed E-state index contributed by atoms with van der Waals surface area (Å²) >= 11 is 0. The number of hydrogen-bond donors (Lipinski definition) is 1. The molecule has 0 bridgehead atoms. The van der Waals surface area contributed by atoms with Gasteiger partial charge in [-0.25, -0.2) is 0 Å². The average molecular weight is 390 g/mol. The molecule has 1 fully saturated rings. The second-order valence-corrected chi connectivity index (χ2v) is 7.61. The summed E-state index contributed by atoms with van der Waals surface area (Å²) in [4.78, 5) is 23.0. The molecule has 0 unspecified atom stereocenters. The lowest BCUT2D eigenvalue weighted by Crippen LogP contribution is -2.45. The number of aryl methyl sites for hydroxylation is 1. The van der Waals surface area contributed by atoms with Gasteiger partial charge in [0, 0.05) is 26.2 Å². The first-order chi connectivity index (χ1) is 14.1. The van der Waals surface area contributed by atoms with Gasteiger partial charge in [-0.15, -0.1) is 0 Å². The largest absolute Gasteiger partial charge is 0.338 e. The highest BCUT2D eigenvalue weighted by molar-refractivity contribution is 6.04. The maximum Gasteiger partial charge on any atom is 0.233 e.